The summed E-state index contributed by atoms with van der Waals surface area (Å²) in [4.78, 5) is 10.6. The fourth-order valence-electron chi connectivity index (χ4n) is 2.86. The minimum absolute atomic E-state index is 0.0188. The molecule has 1 N–H and O–H groups in total. The summed E-state index contributed by atoms with van der Waals surface area (Å²) in [7, 11) is 0. The second-order valence-corrected chi connectivity index (χ2v) is 5.63. The van der Waals surface area contributed by atoms with Crippen molar-refractivity contribution in [2.45, 2.75) is 0 Å². The lowest BCUT2D eigenvalue weighted by molar-refractivity contribution is -0.384. The van der Waals surface area contributed by atoms with Crippen molar-refractivity contribution in [1.82, 2.24) is 0 Å². The van der Waals surface area contributed by atoms with Crippen molar-refractivity contribution in [2.24, 2.45) is 5.16 Å². The quantitative estimate of drug-likeness (QED) is 0.240. The van der Waals surface area contributed by atoms with Gasteiger partial charge in [-0.2, -0.15) is 0 Å². The van der Waals surface area contributed by atoms with Crippen molar-refractivity contribution in [2.75, 3.05) is 0 Å². The van der Waals surface area contributed by atoms with E-state index >= 15 is 0 Å². The Balaban J connectivity index is 1.97. The van der Waals surface area contributed by atoms with E-state index in [1.807, 2.05) is 6.07 Å². The Kier molecular flexibility index (Phi) is 3.74. The van der Waals surface area contributed by atoms with Crippen LogP contribution < -0.4 is 0 Å². The van der Waals surface area contributed by atoms with Gasteiger partial charge in [0.2, 0.25) is 0 Å². The molecule has 2 aromatic carbocycles. The number of benzene rings is 2. The Morgan fingerprint density at radius 1 is 1.08 bits per heavy atom. The summed E-state index contributed by atoms with van der Waals surface area (Å²) in [5.74, 6) is 1.11. The molecule has 0 spiro atoms. The van der Waals surface area contributed by atoms with Gasteiger partial charge < -0.3 is 14.0 Å². The first-order chi connectivity index (χ1) is 12.7. The molecule has 0 amide bonds. The first kappa shape index (κ1) is 15.6. The molecular weight excluding hydrogens is 336 g/mol. The van der Waals surface area contributed by atoms with Crippen LogP contribution in [0.2, 0.25) is 0 Å². The van der Waals surface area contributed by atoms with Gasteiger partial charge in [-0.1, -0.05) is 17.3 Å². The van der Waals surface area contributed by atoms with Crippen molar-refractivity contribution in [3.05, 3.63) is 76.5 Å². The van der Waals surface area contributed by atoms with E-state index in [0.717, 1.165) is 5.39 Å². The van der Waals surface area contributed by atoms with Crippen molar-refractivity contribution >= 4 is 22.9 Å². The van der Waals surface area contributed by atoms with E-state index in [1.54, 1.807) is 42.7 Å². The maximum Gasteiger partial charge on any atom is 0.270 e. The number of rotatable bonds is 4. The lowest BCUT2D eigenvalue weighted by Gasteiger charge is -2.05. The summed E-state index contributed by atoms with van der Waals surface area (Å²) in [6.07, 6.45) is 2.84. The summed E-state index contributed by atoms with van der Waals surface area (Å²) in [5, 5.41) is 23.8. The Morgan fingerprint density at radius 3 is 2.69 bits per heavy atom. The van der Waals surface area contributed by atoms with Gasteiger partial charge in [0.1, 0.15) is 5.58 Å². The van der Waals surface area contributed by atoms with Crippen LogP contribution in [0, 0.1) is 10.1 Å². The number of furan rings is 2. The molecule has 2 heterocycles. The van der Waals surface area contributed by atoms with Crippen LogP contribution in [0.15, 0.2) is 74.9 Å². The fourth-order valence-corrected chi connectivity index (χ4v) is 2.86. The van der Waals surface area contributed by atoms with Gasteiger partial charge in [0.25, 0.3) is 5.69 Å². The minimum atomic E-state index is -0.448. The molecule has 7 nitrogen and oxygen atoms in total. The molecule has 0 aliphatic heterocycles. The molecule has 128 valence electrons. The monoisotopic (exact) mass is 348 g/mol. The van der Waals surface area contributed by atoms with Gasteiger partial charge in [-0.15, -0.1) is 0 Å². The van der Waals surface area contributed by atoms with Crippen LogP contribution in [0.25, 0.3) is 33.6 Å². The standard InChI is InChI=1S/C19H12N2O5/c22-20-11-12-7-14-10-18(17-5-2-6-25-17)26-19(14)16(8-12)13-3-1-4-15(9-13)21(23)24/h1-11,22H. The second kappa shape index (κ2) is 6.21. The molecule has 0 unspecified atom stereocenters. The lowest BCUT2D eigenvalue weighted by atomic mass is 10.00. The van der Waals surface area contributed by atoms with Gasteiger partial charge in [-0.3, -0.25) is 10.1 Å². The van der Waals surface area contributed by atoms with Crippen LogP contribution in [0.4, 0.5) is 5.69 Å². The maximum atomic E-state index is 11.1. The normalized spacial score (nSPS) is 11.4. The minimum Gasteiger partial charge on any atom is -0.461 e. The number of oxime groups is 1. The van der Waals surface area contributed by atoms with E-state index in [0.29, 0.717) is 33.8 Å². The number of nitrogens with zero attached hydrogens (tertiary/aromatic N) is 2. The van der Waals surface area contributed by atoms with Crippen LogP contribution in [-0.4, -0.2) is 16.3 Å². The van der Waals surface area contributed by atoms with Crippen molar-refractivity contribution in [3.63, 3.8) is 0 Å². The Morgan fingerprint density at radius 2 is 1.96 bits per heavy atom. The summed E-state index contributed by atoms with van der Waals surface area (Å²) in [5.41, 5.74) is 2.45. The highest BCUT2D eigenvalue weighted by Crippen LogP contribution is 2.36. The first-order valence-electron chi connectivity index (χ1n) is 7.69. The first-order valence-corrected chi connectivity index (χ1v) is 7.69. The van der Waals surface area contributed by atoms with Gasteiger partial charge in [-0.25, -0.2) is 0 Å². The zero-order valence-corrected chi connectivity index (χ0v) is 13.3. The highest BCUT2D eigenvalue weighted by Gasteiger charge is 2.16. The Hall–Kier alpha value is -3.87. The van der Waals surface area contributed by atoms with E-state index in [4.69, 9.17) is 14.0 Å². The number of hydrogen-bond acceptors (Lipinski definition) is 6. The third-order valence-corrected chi connectivity index (χ3v) is 3.98. The maximum absolute atomic E-state index is 11.1. The van der Waals surface area contributed by atoms with Crippen molar-refractivity contribution < 1.29 is 19.0 Å². The van der Waals surface area contributed by atoms with Crippen LogP contribution in [0.1, 0.15) is 5.56 Å². The number of fused-ring (bicyclic) bond motifs is 1. The van der Waals surface area contributed by atoms with E-state index < -0.39 is 4.92 Å². The lowest BCUT2D eigenvalue weighted by Crippen LogP contribution is -1.89. The van der Waals surface area contributed by atoms with E-state index in [-0.39, 0.29) is 5.69 Å². The number of nitro benzene ring substituents is 1. The summed E-state index contributed by atoms with van der Waals surface area (Å²) in [6, 6.07) is 15.2. The van der Waals surface area contributed by atoms with Crippen LogP contribution in [0.3, 0.4) is 0 Å². The zero-order chi connectivity index (χ0) is 18.1. The molecule has 0 atom stereocenters. The van der Waals surface area contributed by atoms with Gasteiger partial charge in [-0.05, 0) is 41.5 Å². The second-order valence-electron chi connectivity index (χ2n) is 5.63. The molecule has 26 heavy (non-hydrogen) atoms. The summed E-state index contributed by atoms with van der Waals surface area (Å²) < 4.78 is 11.3. The number of non-ortho nitro benzene ring substituents is 1. The van der Waals surface area contributed by atoms with Gasteiger partial charge in [0, 0.05) is 23.1 Å². The largest absolute Gasteiger partial charge is 0.461 e. The molecule has 4 rings (SSSR count). The average Bonchev–Trinajstić information content (AvgIpc) is 3.30. The van der Waals surface area contributed by atoms with Gasteiger partial charge >= 0.3 is 0 Å². The summed E-state index contributed by atoms with van der Waals surface area (Å²) in [6.45, 7) is 0. The number of hydrogen-bond donors (Lipinski definition) is 1. The van der Waals surface area contributed by atoms with Gasteiger partial charge in [0.05, 0.1) is 17.4 Å². The molecule has 0 saturated carbocycles. The molecule has 0 aliphatic carbocycles. The average molecular weight is 348 g/mol. The molecular formula is C19H12N2O5. The molecule has 4 aromatic rings. The predicted octanol–water partition coefficient (Wildman–Crippen LogP) is 5.08. The van der Waals surface area contributed by atoms with Crippen LogP contribution in [0.5, 0.6) is 0 Å². The number of nitro groups is 1. The molecule has 0 bridgehead atoms. The molecule has 0 saturated heterocycles. The Labute approximate surface area is 146 Å². The SMILES string of the molecule is O=[N+]([O-])c1cccc(-c2cc(C=NO)cc3cc(-c4ccco4)oc23)c1. The van der Waals surface area contributed by atoms with Crippen molar-refractivity contribution in [3.8, 4) is 22.6 Å². The highest BCUT2D eigenvalue weighted by molar-refractivity contribution is 5.99. The van der Waals surface area contributed by atoms with Crippen LogP contribution >= 0.6 is 0 Å². The fraction of sp³-hybridized carbons (Fsp3) is 0. The van der Waals surface area contributed by atoms with E-state index in [2.05, 4.69) is 5.16 Å². The Bertz CT molecular complexity index is 1130. The van der Waals surface area contributed by atoms with E-state index in [9.17, 15) is 10.1 Å². The summed E-state index contributed by atoms with van der Waals surface area (Å²) >= 11 is 0. The third-order valence-electron chi connectivity index (χ3n) is 3.98. The molecule has 2 aromatic heterocycles. The molecule has 0 fully saturated rings. The zero-order valence-electron chi connectivity index (χ0n) is 13.3. The van der Waals surface area contributed by atoms with Crippen molar-refractivity contribution in [1.29, 1.82) is 0 Å². The predicted molar refractivity (Wildman–Crippen MR) is 95.4 cm³/mol. The highest BCUT2D eigenvalue weighted by atomic mass is 16.6. The molecule has 0 aliphatic rings. The van der Waals surface area contributed by atoms with Gasteiger partial charge in [0.15, 0.2) is 11.5 Å². The molecule has 0 radical (unpaired) electrons. The van der Waals surface area contributed by atoms with Crippen LogP contribution in [-0.2, 0) is 0 Å². The molecule has 7 heteroatoms. The third kappa shape index (κ3) is 2.71. The topological polar surface area (TPSA) is 102 Å². The smallest absolute Gasteiger partial charge is 0.270 e. The van der Waals surface area contributed by atoms with E-state index in [1.165, 1.54) is 18.3 Å².